The van der Waals surface area contributed by atoms with Crippen LogP contribution in [-0.2, 0) is 10.0 Å². The summed E-state index contributed by atoms with van der Waals surface area (Å²) in [6, 6.07) is 2.73. The lowest BCUT2D eigenvalue weighted by Gasteiger charge is -2.12. The van der Waals surface area contributed by atoms with Crippen molar-refractivity contribution in [2.24, 2.45) is 5.73 Å². The number of thiocarbonyl (C=S) groups is 1. The van der Waals surface area contributed by atoms with Crippen molar-refractivity contribution in [2.45, 2.75) is 4.21 Å². The summed E-state index contributed by atoms with van der Waals surface area (Å²) in [5.74, 6) is 0. The zero-order valence-electron chi connectivity index (χ0n) is 11.0. The molecule has 0 spiro atoms. The van der Waals surface area contributed by atoms with E-state index >= 15 is 0 Å². The van der Waals surface area contributed by atoms with Gasteiger partial charge in [-0.1, -0.05) is 12.2 Å². The van der Waals surface area contributed by atoms with Gasteiger partial charge in [-0.2, -0.15) is 0 Å². The maximum atomic E-state index is 11.9. The van der Waals surface area contributed by atoms with E-state index in [1.54, 1.807) is 20.2 Å². The van der Waals surface area contributed by atoms with Crippen molar-refractivity contribution in [3.63, 3.8) is 0 Å². The second-order valence-electron chi connectivity index (χ2n) is 4.01. The molecular formula is C10H16N4O3S3. The molecule has 0 unspecified atom stereocenters. The zero-order valence-corrected chi connectivity index (χ0v) is 13.5. The van der Waals surface area contributed by atoms with Crippen molar-refractivity contribution < 1.29 is 13.2 Å². The first kappa shape index (κ1) is 16.8. The Hall–Kier alpha value is -1.23. The second kappa shape index (κ2) is 6.97. The fraction of sp³-hybridized carbons (Fsp3) is 0.400. The Morgan fingerprint density at radius 3 is 2.55 bits per heavy atom. The highest BCUT2D eigenvalue weighted by Gasteiger charge is 2.17. The van der Waals surface area contributed by atoms with Gasteiger partial charge in [0.15, 0.2) is 0 Å². The van der Waals surface area contributed by atoms with E-state index in [0.29, 0.717) is 4.88 Å². The van der Waals surface area contributed by atoms with Gasteiger partial charge in [0.1, 0.15) is 9.20 Å². The average molecular weight is 336 g/mol. The lowest BCUT2D eigenvalue weighted by Crippen LogP contribution is -2.39. The van der Waals surface area contributed by atoms with Crippen LogP contribution in [0.5, 0.6) is 0 Å². The first-order chi connectivity index (χ1) is 9.24. The van der Waals surface area contributed by atoms with Gasteiger partial charge in [0.25, 0.3) is 0 Å². The number of sulfonamides is 1. The van der Waals surface area contributed by atoms with E-state index in [9.17, 15) is 13.2 Å². The molecule has 0 aliphatic carbocycles. The topological polar surface area (TPSA) is 105 Å². The molecule has 112 valence electrons. The molecule has 2 amide bonds. The van der Waals surface area contributed by atoms with Gasteiger partial charge in [-0.05, 0) is 12.1 Å². The molecule has 1 heterocycles. The van der Waals surface area contributed by atoms with E-state index in [2.05, 4.69) is 10.0 Å². The Balaban J connectivity index is 2.53. The van der Waals surface area contributed by atoms with Crippen LogP contribution in [0, 0.1) is 0 Å². The number of hydrogen-bond acceptors (Lipinski definition) is 5. The third-order valence-corrected chi connectivity index (χ3v) is 5.61. The summed E-state index contributed by atoms with van der Waals surface area (Å²) >= 11 is 5.78. The standard InChI is InChI=1S/C10H16N4O3S3/c1-14(2)10(15)12-5-6-13-20(16,17)8-4-3-7(19-8)9(11)18/h3-4,13H,5-6H2,1-2H3,(H2,11,18)(H,12,15). The Labute approximate surface area is 127 Å². The van der Waals surface area contributed by atoms with Crippen LogP contribution < -0.4 is 15.8 Å². The molecule has 7 nitrogen and oxygen atoms in total. The largest absolute Gasteiger partial charge is 0.389 e. The predicted molar refractivity (Wildman–Crippen MR) is 82.5 cm³/mol. The van der Waals surface area contributed by atoms with Crippen LogP contribution in [0.15, 0.2) is 16.3 Å². The summed E-state index contributed by atoms with van der Waals surface area (Å²) < 4.78 is 26.4. The van der Waals surface area contributed by atoms with Crippen molar-refractivity contribution in [1.82, 2.24) is 14.9 Å². The van der Waals surface area contributed by atoms with Gasteiger partial charge in [-0.15, -0.1) is 11.3 Å². The average Bonchev–Trinajstić information content (AvgIpc) is 2.84. The Morgan fingerprint density at radius 1 is 1.40 bits per heavy atom. The molecule has 0 aliphatic heterocycles. The SMILES string of the molecule is CN(C)C(=O)NCCNS(=O)(=O)c1ccc(C(N)=S)s1. The second-order valence-corrected chi connectivity index (χ2v) is 7.52. The first-order valence-corrected chi connectivity index (χ1v) is 8.29. The molecule has 1 aromatic rings. The van der Waals surface area contributed by atoms with Crippen molar-refractivity contribution in [1.29, 1.82) is 0 Å². The number of nitrogens with two attached hydrogens (primary N) is 1. The van der Waals surface area contributed by atoms with Crippen molar-refractivity contribution in [3.05, 3.63) is 17.0 Å². The number of hydrogen-bond donors (Lipinski definition) is 3. The van der Waals surface area contributed by atoms with Gasteiger partial charge in [-0.3, -0.25) is 0 Å². The van der Waals surface area contributed by atoms with Crippen LogP contribution in [-0.4, -0.2) is 51.5 Å². The minimum atomic E-state index is -3.60. The summed E-state index contributed by atoms with van der Waals surface area (Å²) in [7, 11) is -0.404. The van der Waals surface area contributed by atoms with Crippen LogP contribution in [0.1, 0.15) is 4.88 Å². The van der Waals surface area contributed by atoms with Gasteiger partial charge in [-0.25, -0.2) is 17.9 Å². The highest BCUT2D eigenvalue weighted by atomic mass is 32.2. The normalized spacial score (nSPS) is 11.1. The Bertz CT molecular complexity index is 595. The molecule has 1 rings (SSSR count). The van der Waals surface area contributed by atoms with Crippen LogP contribution in [0.2, 0.25) is 0 Å². The number of carbonyl (C=O) groups is 1. The van der Waals surface area contributed by atoms with Gasteiger partial charge in [0, 0.05) is 27.2 Å². The van der Waals surface area contributed by atoms with Gasteiger partial charge < -0.3 is 16.0 Å². The lowest BCUT2D eigenvalue weighted by atomic mass is 10.5. The monoisotopic (exact) mass is 336 g/mol. The predicted octanol–water partition coefficient (Wildman–Crippen LogP) is -0.0682. The molecule has 0 aliphatic rings. The number of rotatable bonds is 6. The highest BCUT2D eigenvalue weighted by Crippen LogP contribution is 2.20. The molecule has 0 radical (unpaired) electrons. The number of carbonyl (C=O) groups excluding carboxylic acids is 1. The smallest absolute Gasteiger partial charge is 0.316 e. The molecule has 20 heavy (non-hydrogen) atoms. The fourth-order valence-electron chi connectivity index (χ4n) is 1.18. The Morgan fingerprint density at radius 2 is 2.05 bits per heavy atom. The van der Waals surface area contributed by atoms with Gasteiger partial charge in [0.05, 0.1) is 4.88 Å². The van der Waals surface area contributed by atoms with E-state index in [4.69, 9.17) is 18.0 Å². The number of amides is 2. The van der Waals surface area contributed by atoms with Crippen LogP contribution in [0.25, 0.3) is 0 Å². The van der Waals surface area contributed by atoms with Crippen LogP contribution in [0.4, 0.5) is 4.79 Å². The minimum absolute atomic E-state index is 0.0994. The van der Waals surface area contributed by atoms with Crippen molar-refractivity contribution >= 4 is 44.6 Å². The molecule has 0 aromatic carbocycles. The summed E-state index contributed by atoms with van der Waals surface area (Å²) in [4.78, 5) is 13.3. The highest BCUT2D eigenvalue weighted by molar-refractivity contribution is 7.91. The third kappa shape index (κ3) is 4.71. The molecule has 1 aromatic heterocycles. The van der Waals surface area contributed by atoms with E-state index in [0.717, 1.165) is 11.3 Å². The van der Waals surface area contributed by atoms with Crippen LogP contribution >= 0.6 is 23.6 Å². The van der Waals surface area contributed by atoms with E-state index < -0.39 is 10.0 Å². The fourth-order valence-corrected chi connectivity index (χ4v) is 3.61. The number of thiophene rings is 1. The maximum Gasteiger partial charge on any atom is 0.316 e. The van der Waals surface area contributed by atoms with Crippen LogP contribution in [0.3, 0.4) is 0 Å². The summed E-state index contributed by atoms with van der Waals surface area (Å²) in [5.41, 5.74) is 5.43. The maximum absolute atomic E-state index is 11.9. The molecule has 0 saturated carbocycles. The molecular weight excluding hydrogens is 320 g/mol. The number of urea groups is 1. The van der Waals surface area contributed by atoms with E-state index in [1.165, 1.54) is 11.0 Å². The molecule has 0 fully saturated rings. The van der Waals surface area contributed by atoms with E-state index in [-0.39, 0.29) is 28.3 Å². The van der Waals surface area contributed by atoms with Gasteiger partial charge in [0.2, 0.25) is 10.0 Å². The lowest BCUT2D eigenvalue weighted by molar-refractivity contribution is 0.217. The molecule has 10 heteroatoms. The van der Waals surface area contributed by atoms with Crippen molar-refractivity contribution in [3.8, 4) is 0 Å². The molecule has 4 N–H and O–H groups in total. The van der Waals surface area contributed by atoms with E-state index in [1.807, 2.05) is 0 Å². The first-order valence-electron chi connectivity index (χ1n) is 5.58. The zero-order chi connectivity index (χ0) is 15.3. The molecule has 0 atom stereocenters. The number of nitrogens with one attached hydrogen (secondary N) is 2. The summed E-state index contributed by atoms with van der Waals surface area (Å²) in [6.07, 6.45) is 0. The van der Waals surface area contributed by atoms with Crippen molar-refractivity contribution in [2.75, 3.05) is 27.2 Å². The molecule has 0 bridgehead atoms. The Kier molecular flexibility index (Phi) is 5.87. The quantitative estimate of drug-likeness (QED) is 0.498. The third-order valence-electron chi connectivity index (χ3n) is 2.19. The minimum Gasteiger partial charge on any atom is -0.389 e. The summed E-state index contributed by atoms with van der Waals surface area (Å²) in [5, 5.41) is 2.55. The molecule has 0 saturated heterocycles. The van der Waals surface area contributed by atoms with Gasteiger partial charge >= 0.3 is 6.03 Å². The summed E-state index contributed by atoms with van der Waals surface area (Å²) in [6.45, 7) is 0.298. The number of nitrogens with zero attached hydrogens (tertiary/aromatic N) is 1.